The lowest BCUT2D eigenvalue weighted by molar-refractivity contribution is -0.120. The Kier molecular flexibility index (Phi) is 7.53. The van der Waals surface area contributed by atoms with Gasteiger partial charge in [0.05, 0.1) is 10.2 Å². The van der Waals surface area contributed by atoms with Gasteiger partial charge in [-0.2, -0.15) is 0 Å². The fourth-order valence-corrected chi connectivity index (χ4v) is 3.37. The van der Waals surface area contributed by atoms with Gasteiger partial charge in [-0.25, -0.2) is 9.37 Å². The van der Waals surface area contributed by atoms with Crippen LogP contribution in [0.15, 0.2) is 48.5 Å². The molecule has 0 bridgehead atoms. The molecule has 144 valence electrons. The maximum Gasteiger partial charge on any atom is 0.266 e. The lowest BCUT2D eigenvalue weighted by Gasteiger charge is -2.22. The number of aromatic nitrogens is 1. The van der Waals surface area contributed by atoms with Gasteiger partial charge in [-0.15, -0.1) is 12.4 Å². The van der Waals surface area contributed by atoms with E-state index in [4.69, 9.17) is 4.74 Å². The first-order valence-electron chi connectivity index (χ1n) is 8.22. The van der Waals surface area contributed by atoms with Gasteiger partial charge in [0.25, 0.3) is 5.91 Å². The minimum absolute atomic E-state index is 0. The molecule has 8 heteroatoms. The lowest BCUT2D eigenvalue weighted by atomic mass is 10.3. The van der Waals surface area contributed by atoms with Crippen LogP contribution in [0.1, 0.15) is 0 Å². The van der Waals surface area contributed by atoms with Gasteiger partial charge in [-0.1, -0.05) is 23.5 Å². The predicted octanol–water partition coefficient (Wildman–Crippen LogP) is 3.83. The van der Waals surface area contributed by atoms with Gasteiger partial charge in [-0.3, -0.25) is 9.69 Å². The third-order valence-electron chi connectivity index (χ3n) is 3.76. The highest BCUT2D eigenvalue weighted by Gasteiger charge is 2.20. The second-order valence-corrected chi connectivity index (χ2v) is 7.06. The summed E-state index contributed by atoms with van der Waals surface area (Å²) in [6.07, 6.45) is 0. The highest BCUT2D eigenvalue weighted by molar-refractivity contribution is 7.22. The fraction of sp³-hybridized carbons (Fsp3) is 0.263. The summed E-state index contributed by atoms with van der Waals surface area (Å²) in [6.45, 7) is 1.09. The minimum atomic E-state index is -0.342. The number of benzene rings is 2. The molecular formula is C19H21ClFN3O2S. The number of likely N-dealkylation sites (N-methyl/N-ethyl adjacent to an activating group) is 1. The van der Waals surface area contributed by atoms with Gasteiger partial charge in [0.15, 0.2) is 11.7 Å². The molecule has 2 aromatic carbocycles. The number of ether oxygens (including phenoxy) is 1. The zero-order valence-electron chi connectivity index (χ0n) is 15.1. The number of para-hydroxylation sites is 1. The number of nitrogens with zero attached hydrogens (tertiary/aromatic N) is 3. The Morgan fingerprint density at radius 3 is 2.48 bits per heavy atom. The van der Waals surface area contributed by atoms with Crippen molar-refractivity contribution < 1.29 is 13.9 Å². The van der Waals surface area contributed by atoms with Gasteiger partial charge < -0.3 is 9.64 Å². The Bertz CT molecular complexity index is 853. The van der Waals surface area contributed by atoms with E-state index in [-0.39, 0.29) is 30.7 Å². The highest BCUT2D eigenvalue weighted by Crippen LogP contribution is 2.28. The summed E-state index contributed by atoms with van der Waals surface area (Å²) in [4.78, 5) is 21.0. The molecule has 0 aliphatic carbocycles. The van der Waals surface area contributed by atoms with Crippen molar-refractivity contribution >= 4 is 45.0 Å². The molecule has 0 aliphatic rings. The molecule has 0 unspecified atom stereocenters. The van der Waals surface area contributed by atoms with Gasteiger partial charge in [0.2, 0.25) is 0 Å². The molecule has 3 aromatic rings. The minimum Gasteiger partial charge on any atom is -0.484 e. The van der Waals surface area contributed by atoms with Gasteiger partial charge in [0, 0.05) is 13.1 Å². The first-order chi connectivity index (χ1) is 12.5. The Labute approximate surface area is 167 Å². The molecule has 5 nitrogen and oxygen atoms in total. The van der Waals surface area contributed by atoms with Gasteiger partial charge >= 0.3 is 0 Å². The van der Waals surface area contributed by atoms with Crippen molar-refractivity contribution in [3.05, 3.63) is 54.3 Å². The first-order valence-corrected chi connectivity index (χ1v) is 9.03. The van der Waals surface area contributed by atoms with Crippen LogP contribution in [0.5, 0.6) is 5.75 Å². The Morgan fingerprint density at radius 1 is 1.11 bits per heavy atom. The van der Waals surface area contributed by atoms with Gasteiger partial charge in [0.1, 0.15) is 11.6 Å². The SMILES string of the molecule is CN(C)CCN(C(=O)COc1ccc(F)cc1)c1nc2ccccc2s1.Cl. The van der Waals surface area contributed by atoms with E-state index in [9.17, 15) is 9.18 Å². The second kappa shape index (κ2) is 9.64. The van der Waals surface area contributed by atoms with Crippen molar-refractivity contribution in [1.29, 1.82) is 0 Å². The Hall–Kier alpha value is -2.22. The van der Waals surface area contributed by atoms with Crippen LogP contribution in [0, 0.1) is 5.82 Å². The third kappa shape index (κ3) is 5.63. The predicted molar refractivity (Wildman–Crippen MR) is 110 cm³/mol. The first kappa shape index (κ1) is 21.1. The van der Waals surface area contributed by atoms with Gasteiger partial charge in [-0.05, 0) is 50.5 Å². The normalized spacial score (nSPS) is 10.7. The summed E-state index contributed by atoms with van der Waals surface area (Å²) in [5, 5.41) is 0.653. The van der Waals surface area contributed by atoms with E-state index >= 15 is 0 Å². The molecule has 27 heavy (non-hydrogen) atoms. The molecule has 0 aliphatic heterocycles. The molecule has 0 atom stereocenters. The highest BCUT2D eigenvalue weighted by atomic mass is 35.5. The molecule has 0 saturated heterocycles. The van der Waals surface area contributed by atoms with Crippen LogP contribution in [-0.4, -0.2) is 49.6 Å². The number of halogens is 2. The summed E-state index contributed by atoms with van der Waals surface area (Å²) in [5.74, 6) is -0.0717. The van der Waals surface area contributed by atoms with Crippen LogP contribution in [0.25, 0.3) is 10.2 Å². The molecule has 0 radical (unpaired) electrons. The monoisotopic (exact) mass is 409 g/mol. The lowest BCUT2D eigenvalue weighted by Crippen LogP contribution is -2.39. The van der Waals surface area contributed by atoms with Crippen molar-refractivity contribution in [3.8, 4) is 5.75 Å². The average Bonchev–Trinajstić information content (AvgIpc) is 3.05. The van der Waals surface area contributed by atoms with E-state index in [1.54, 1.807) is 4.90 Å². The number of hydrogen-bond acceptors (Lipinski definition) is 5. The molecule has 1 aromatic heterocycles. The standard InChI is InChI=1S/C19H20FN3O2S.ClH/c1-22(2)11-12-23(19-21-16-5-3-4-6-17(16)26-19)18(24)13-25-15-9-7-14(20)8-10-15;/h3-10H,11-13H2,1-2H3;1H. The Morgan fingerprint density at radius 2 is 1.81 bits per heavy atom. The van der Waals surface area contributed by atoms with Crippen LogP contribution >= 0.6 is 23.7 Å². The van der Waals surface area contributed by atoms with Crippen molar-refractivity contribution in [3.63, 3.8) is 0 Å². The fourth-order valence-electron chi connectivity index (χ4n) is 2.36. The third-order valence-corrected chi connectivity index (χ3v) is 4.82. The Balaban J connectivity index is 0.00000261. The second-order valence-electron chi connectivity index (χ2n) is 6.06. The summed E-state index contributed by atoms with van der Waals surface area (Å²) >= 11 is 1.48. The van der Waals surface area contributed by atoms with E-state index in [1.165, 1.54) is 35.6 Å². The number of thiazole rings is 1. The molecule has 0 fully saturated rings. The van der Waals surface area contributed by atoms with Crippen LogP contribution in [0.3, 0.4) is 0 Å². The topological polar surface area (TPSA) is 45.7 Å². The van der Waals surface area contributed by atoms with E-state index in [2.05, 4.69) is 4.98 Å². The largest absolute Gasteiger partial charge is 0.484 e. The van der Waals surface area contributed by atoms with E-state index in [1.807, 2.05) is 43.3 Å². The summed E-state index contributed by atoms with van der Waals surface area (Å²) in [5.41, 5.74) is 0.870. The molecule has 1 amide bonds. The van der Waals surface area contributed by atoms with Crippen LogP contribution in [0.4, 0.5) is 9.52 Å². The number of carbonyl (C=O) groups excluding carboxylic acids is 1. The number of carbonyl (C=O) groups is 1. The molecular weight excluding hydrogens is 389 g/mol. The van der Waals surface area contributed by atoms with Crippen molar-refractivity contribution in [2.45, 2.75) is 0 Å². The molecule has 0 spiro atoms. The smallest absolute Gasteiger partial charge is 0.266 e. The summed E-state index contributed by atoms with van der Waals surface area (Å²) in [6, 6.07) is 13.4. The van der Waals surface area contributed by atoms with E-state index in [0.29, 0.717) is 24.0 Å². The van der Waals surface area contributed by atoms with Crippen molar-refractivity contribution in [1.82, 2.24) is 9.88 Å². The summed E-state index contributed by atoms with van der Waals surface area (Å²) in [7, 11) is 3.91. The average molecular weight is 410 g/mol. The zero-order chi connectivity index (χ0) is 18.5. The molecule has 0 N–H and O–H groups in total. The quantitative estimate of drug-likeness (QED) is 0.595. The van der Waals surface area contributed by atoms with Crippen molar-refractivity contribution in [2.75, 3.05) is 38.7 Å². The maximum absolute atomic E-state index is 13.0. The van der Waals surface area contributed by atoms with Crippen LogP contribution < -0.4 is 9.64 Å². The summed E-state index contributed by atoms with van der Waals surface area (Å²) < 4.78 is 19.5. The number of anilines is 1. The zero-order valence-corrected chi connectivity index (χ0v) is 16.7. The number of fused-ring (bicyclic) bond motifs is 1. The van der Waals surface area contributed by atoms with Crippen LogP contribution in [0.2, 0.25) is 0 Å². The van der Waals surface area contributed by atoms with E-state index < -0.39 is 0 Å². The van der Waals surface area contributed by atoms with E-state index in [0.717, 1.165) is 10.2 Å². The number of amides is 1. The number of rotatable bonds is 7. The molecule has 3 rings (SSSR count). The number of hydrogen-bond donors (Lipinski definition) is 0. The molecule has 1 heterocycles. The molecule has 0 saturated carbocycles. The van der Waals surface area contributed by atoms with Crippen molar-refractivity contribution in [2.24, 2.45) is 0 Å². The van der Waals surface area contributed by atoms with Crippen LogP contribution in [-0.2, 0) is 4.79 Å². The maximum atomic E-state index is 13.0.